The third-order valence-electron chi connectivity index (χ3n) is 24.1. The van der Waals surface area contributed by atoms with E-state index in [2.05, 4.69) is 409 Å². The molecule has 1 N–H and O–H groups in total. The second-order valence-corrected chi connectivity index (χ2v) is 41.5. The molecule has 10 aromatic rings. The first-order valence-corrected chi connectivity index (χ1v) is 41.9. The second kappa shape index (κ2) is 28.8. The molecule has 0 fully saturated rings. The lowest BCUT2D eigenvalue weighted by Crippen LogP contribution is -2.28. The summed E-state index contributed by atoms with van der Waals surface area (Å²) in [6, 6.07) is 64.5. The number of hydrogen-bond acceptors (Lipinski definition) is 4. The molecule has 15 rings (SSSR count). The molecular formula is C109H116N4O4. The molecule has 4 aliphatic carbocycles. The van der Waals surface area contributed by atoms with E-state index in [1.807, 2.05) is 0 Å². The van der Waals surface area contributed by atoms with Crippen LogP contribution < -0.4 is 0 Å². The molecular weight excluding hydrogens is 1430 g/mol. The van der Waals surface area contributed by atoms with E-state index in [4.69, 9.17) is 0 Å². The third-order valence-corrected chi connectivity index (χ3v) is 24.1. The van der Waals surface area contributed by atoms with E-state index >= 15 is 19.2 Å². The molecule has 596 valence electrons. The van der Waals surface area contributed by atoms with Crippen molar-refractivity contribution >= 4 is 77.7 Å². The van der Waals surface area contributed by atoms with Gasteiger partial charge in [0.15, 0.2) is 23.1 Å². The average Bonchev–Trinajstić information content (AvgIpc) is 1.52. The van der Waals surface area contributed by atoms with Crippen LogP contribution in [0.2, 0.25) is 0 Å². The Morgan fingerprint density at radius 1 is 0.222 bits per heavy atom. The highest BCUT2D eigenvalue weighted by Gasteiger charge is 2.42. The fourth-order valence-electron chi connectivity index (χ4n) is 17.8. The van der Waals surface area contributed by atoms with Crippen LogP contribution in [0.15, 0.2) is 291 Å². The van der Waals surface area contributed by atoms with Gasteiger partial charge in [0.05, 0.1) is 34.2 Å². The van der Waals surface area contributed by atoms with Crippen LogP contribution in [0, 0.1) is 43.3 Å². The maximum atomic E-state index is 15.8. The molecule has 5 aliphatic rings. The van der Waals surface area contributed by atoms with Gasteiger partial charge in [0, 0.05) is 97.9 Å². The zero-order chi connectivity index (χ0) is 84.1. The molecule has 1 aliphatic heterocycles. The normalized spacial score (nSPS) is 16.6. The lowest BCUT2D eigenvalue weighted by Gasteiger charge is -2.33. The Morgan fingerprint density at radius 2 is 0.410 bits per heavy atom. The van der Waals surface area contributed by atoms with Gasteiger partial charge in [0.1, 0.15) is 0 Å². The predicted molar refractivity (Wildman–Crippen MR) is 488 cm³/mol. The van der Waals surface area contributed by atoms with Crippen molar-refractivity contribution in [3.8, 4) is 0 Å². The summed E-state index contributed by atoms with van der Waals surface area (Å²) in [5, 5.41) is 6.75. The number of H-pyrrole nitrogens is 1. The predicted octanol–water partition coefficient (Wildman–Crippen LogP) is 26.7. The molecule has 0 saturated carbocycles. The number of rotatable bonds is 6. The average molecular weight is 1550 g/mol. The molecule has 8 bridgehead atoms. The standard InChI is InChI=1S/C109H116N4O4/c1-102(2,3)78-54-74(55-79(98(78)114)103(4,5)6)94-86-43-44-87(110-86)95(75-56-80(104(7,8)9)99(115)81(57-75)105(10,11)12)89-46-48-91(112(89)63-66-38-41-69-32-26-29-35-72(69)52-66)97(77-60-84(108(19,20)21)101(117)85(61-77)109(22,23)24)93-50-49-92(113(93)64-67-39-42-70-33-27-30-36-73(70)53-67)96(76-58-82(106(13,14)15)100(116)83(59-76)107(16,17)18)90-47-45-88(94)111(90)62-65-37-40-68-31-25-28-34-71(68)51-65/h25-61,110H,62-64H2,1-24H3. The molecule has 0 radical (unpaired) electrons. The molecule has 8 nitrogen and oxygen atoms in total. The Hall–Kier alpha value is -11.2. The maximum absolute atomic E-state index is 15.8. The summed E-state index contributed by atoms with van der Waals surface area (Å²) in [6.45, 7) is 52.8. The number of fused-ring (bicyclic) bond motifs is 11. The van der Waals surface area contributed by atoms with Gasteiger partial charge in [-0.3, -0.25) is 19.2 Å². The van der Waals surface area contributed by atoms with E-state index < -0.39 is 43.3 Å². The summed E-state index contributed by atoms with van der Waals surface area (Å²) in [7, 11) is 0. The van der Waals surface area contributed by atoms with Crippen LogP contribution in [0.1, 0.15) is 228 Å². The van der Waals surface area contributed by atoms with Crippen molar-refractivity contribution in [2.75, 3.05) is 0 Å². The van der Waals surface area contributed by atoms with Crippen LogP contribution in [0.5, 0.6) is 0 Å². The summed E-state index contributed by atoms with van der Waals surface area (Å²) in [6.07, 6.45) is 17.4. The Morgan fingerprint density at radius 3 is 0.615 bits per heavy atom. The molecule has 5 heterocycles. The molecule has 0 unspecified atom stereocenters. The minimum atomic E-state index is -0.591. The van der Waals surface area contributed by atoms with E-state index in [1.165, 1.54) is 0 Å². The van der Waals surface area contributed by atoms with Gasteiger partial charge >= 0.3 is 0 Å². The van der Waals surface area contributed by atoms with Gasteiger partial charge < -0.3 is 18.7 Å². The van der Waals surface area contributed by atoms with Crippen LogP contribution in [0.3, 0.4) is 0 Å². The van der Waals surface area contributed by atoms with E-state index in [1.54, 1.807) is 0 Å². The number of aromatic nitrogens is 4. The number of hydrogen-bond donors (Lipinski definition) is 1. The zero-order valence-corrected chi connectivity index (χ0v) is 73.5. The quantitative estimate of drug-likeness (QED) is 0.179. The zero-order valence-electron chi connectivity index (χ0n) is 73.5. The molecule has 117 heavy (non-hydrogen) atoms. The number of carbonyl (C=O) groups is 4. The highest BCUT2D eigenvalue weighted by molar-refractivity contribution is 6.16. The molecule has 0 saturated heterocycles. The van der Waals surface area contributed by atoms with Crippen LogP contribution in [-0.4, -0.2) is 41.8 Å². The van der Waals surface area contributed by atoms with Crippen LogP contribution in [-0.2, 0) is 38.8 Å². The number of benzene rings is 6. The van der Waals surface area contributed by atoms with Crippen LogP contribution in [0.4, 0.5) is 0 Å². The van der Waals surface area contributed by atoms with Gasteiger partial charge in [0.2, 0.25) is 0 Å². The molecule has 4 aromatic heterocycles. The first-order valence-electron chi connectivity index (χ1n) is 41.9. The summed E-state index contributed by atoms with van der Waals surface area (Å²) in [5.41, 5.74) is 18.5. The van der Waals surface area contributed by atoms with Crippen LogP contribution >= 0.6 is 0 Å². The van der Waals surface area contributed by atoms with Gasteiger partial charge in [-0.2, -0.15) is 0 Å². The minimum absolute atomic E-state index is 0.0328. The van der Waals surface area contributed by atoms with E-state index in [9.17, 15) is 0 Å². The first kappa shape index (κ1) is 80.9. The lowest BCUT2D eigenvalue weighted by molar-refractivity contribution is -0.114. The van der Waals surface area contributed by atoms with Crippen molar-refractivity contribution in [3.05, 3.63) is 354 Å². The highest BCUT2D eigenvalue weighted by Crippen LogP contribution is 2.51. The summed E-state index contributed by atoms with van der Waals surface area (Å²) < 4.78 is 7.56. The molecule has 0 spiro atoms. The molecule has 0 atom stereocenters. The third kappa shape index (κ3) is 15.3. The fourth-order valence-corrected chi connectivity index (χ4v) is 17.8. The summed E-state index contributed by atoms with van der Waals surface area (Å²) in [4.78, 5) is 66.9. The number of aromatic amines is 1. The van der Waals surface area contributed by atoms with Crippen molar-refractivity contribution in [2.45, 2.75) is 186 Å². The highest BCUT2D eigenvalue weighted by atomic mass is 16.1. The van der Waals surface area contributed by atoms with Crippen molar-refractivity contribution < 1.29 is 19.2 Å². The molecule has 0 amide bonds. The smallest absolute Gasteiger partial charge is 0.186 e. The van der Waals surface area contributed by atoms with Gasteiger partial charge in [-0.25, -0.2) is 0 Å². The van der Waals surface area contributed by atoms with E-state index in [0.29, 0.717) is 64.2 Å². The fraction of sp³-hybridized carbons (Fsp3) is 0.321. The Balaban J connectivity index is 1.23. The maximum Gasteiger partial charge on any atom is 0.186 e. The van der Waals surface area contributed by atoms with Crippen molar-refractivity contribution in [3.63, 3.8) is 0 Å². The van der Waals surface area contributed by atoms with Crippen LogP contribution in [0.25, 0.3) is 54.6 Å². The SMILES string of the molecule is CC(C)(C)C1=CC(=C2c3ccc([nH]3)C(=C3C=C(C(C)(C)C)C(=O)C(C(C)(C)C)=C3)c3ccc(n3Cc3ccc4ccccc4c3)C(=C3C=C(C(C)(C)C)C(=O)C(C(C)(C)C)=C3)c3ccc(n3Cc3ccc4ccccc4c3)C(=C3C=C(C(C)(C)C)C(=O)C(C(C)(C)C)=C3)c3ccc2n3Cc2ccc3ccccc3c2)C=C(C(C)(C)C)C1=O. The lowest BCUT2D eigenvalue weighted by atomic mass is 9.71. The van der Waals surface area contributed by atoms with Crippen molar-refractivity contribution in [1.29, 1.82) is 0 Å². The Bertz CT molecular complexity index is 5840. The minimum Gasteiger partial charge on any atom is -0.354 e. The number of carbonyl (C=O) groups excluding carboxylic acids is 4. The second-order valence-electron chi connectivity index (χ2n) is 41.5. The van der Waals surface area contributed by atoms with Crippen molar-refractivity contribution in [1.82, 2.24) is 18.7 Å². The van der Waals surface area contributed by atoms with Gasteiger partial charge in [-0.05, 0) is 230 Å². The van der Waals surface area contributed by atoms with Gasteiger partial charge in [0.25, 0.3) is 0 Å². The van der Waals surface area contributed by atoms with Gasteiger partial charge in [-0.15, -0.1) is 0 Å². The van der Waals surface area contributed by atoms with Crippen molar-refractivity contribution in [2.24, 2.45) is 43.3 Å². The largest absolute Gasteiger partial charge is 0.354 e. The Labute approximate surface area is 694 Å². The summed E-state index contributed by atoms with van der Waals surface area (Å²) in [5.74, 6) is 0.132. The van der Waals surface area contributed by atoms with E-state index in [0.717, 1.165) is 139 Å². The Kier molecular flexibility index (Phi) is 20.0. The number of nitrogens with one attached hydrogen (secondary N) is 1. The first-order chi connectivity index (χ1) is 54.7. The number of nitrogens with zero attached hydrogens (tertiary/aromatic N) is 3. The number of allylic oxidation sites excluding steroid dienone is 20. The summed E-state index contributed by atoms with van der Waals surface area (Å²) >= 11 is 0. The molecule has 6 aromatic carbocycles. The topological polar surface area (TPSA) is 98.9 Å². The van der Waals surface area contributed by atoms with Gasteiger partial charge in [-0.1, -0.05) is 275 Å². The number of ketones is 4. The number of Topliss-reactive ketones (excluding diaryl/α,β-unsaturated/α-hetero) is 4. The van der Waals surface area contributed by atoms with E-state index in [-0.39, 0.29) is 23.1 Å². The monoisotopic (exact) mass is 1540 g/mol. The molecule has 8 heteroatoms.